The number of likely N-dealkylation sites (tertiary alicyclic amines) is 1. The highest BCUT2D eigenvalue weighted by Gasteiger charge is 2.34. The van der Waals surface area contributed by atoms with Crippen molar-refractivity contribution in [2.24, 2.45) is 5.16 Å². The zero-order valence-electron chi connectivity index (χ0n) is 12.9. The van der Waals surface area contributed by atoms with Crippen LogP contribution in [-0.2, 0) is 9.63 Å². The third-order valence-corrected chi connectivity index (χ3v) is 4.08. The van der Waals surface area contributed by atoms with E-state index in [9.17, 15) is 4.79 Å². The second-order valence-electron chi connectivity index (χ2n) is 5.43. The van der Waals surface area contributed by atoms with E-state index in [1.807, 2.05) is 23.1 Å². The van der Waals surface area contributed by atoms with Crippen LogP contribution in [0.5, 0.6) is 11.5 Å². The van der Waals surface area contributed by atoms with E-state index in [0.717, 1.165) is 31.5 Å². The third kappa shape index (κ3) is 2.73. The van der Waals surface area contributed by atoms with Gasteiger partial charge < -0.3 is 19.2 Å². The molecule has 0 aliphatic carbocycles. The minimum atomic E-state index is -0.524. The summed E-state index contributed by atoms with van der Waals surface area (Å²) in [5.41, 5.74) is 1.52. The molecule has 0 bridgehead atoms. The summed E-state index contributed by atoms with van der Waals surface area (Å²) in [4.78, 5) is 19.6. The van der Waals surface area contributed by atoms with Crippen molar-refractivity contribution in [1.29, 1.82) is 0 Å². The number of carbonyl (C=O) groups is 1. The smallest absolute Gasteiger partial charge is 0.266 e. The number of rotatable bonds is 4. The van der Waals surface area contributed by atoms with Gasteiger partial charge in [0, 0.05) is 25.1 Å². The van der Waals surface area contributed by atoms with E-state index in [1.54, 1.807) is 14.2 Å². The maximum Gasteiger partial charge on any atom is 0.266 e. The molecule has 6 nitrogen and oxygen atoms in total. The molecule has 22 heavy (non-hydrogen) atoms. The first-order valence-electron chi connectivity index (χ1n) is 7.47. The van der Waals surface area contributed by atoms with Gasteiger partial charge in [0.2, 0.25) is 6.10 Å². The maximum absolute atomic E-state index is 12.4. The van der Waals surface area contributed by atoms with Crippen LogP contribution in [0.3, 0.4) is 0 Å². The summed E-state index contributed by atoms with van der Waals surface area (Å²) in [6.45, 7) is 1.63. The van der Waals surface area contributed by atoms with Crippen molar-refractivity contribution in [1.82, 2.24) is 4.90 Å². The van der Waals surface area contributed by atoms with Crippen molar-refractivity contribution < 1.29 is 19.1 Å². The van der Waals surface area contributed by atoms with Gasteiger partial charge in [-0.15, -0.1) is 0 Å². The van der Waals surface area contributed by atoms with Crippen LogP contribution < -0.4 is 9.47 Å². The van der Waals surface area contributed by atoms with Gasteiger partial charge in [0.25, 0.3) is 5.91 Å². The highest BCUT2D eigenvalue weighted by Crippen LogP contribution is 2.29. The van der Waals surface area contributed by atoms with Gasteiger partial charge in [-0.2, -0.15) is 0 Å². The second kappa shape index (κ2) is 6.25. The summed E-state index contributed by atoms with van der Waals surface area (Å²) in [7, 11) is 3.22. The number of hydrogen-bond donors (Lipinski definition) is 0. The molecule has 0 N–H and O–H groups in total. The Bertz CT molecular complexity index is 594. The molecule has 3 rings (SSSR count). The standard InChI is InChI=1S/C16H20N2O4/c1-20-11-5-6-14(21-2)12(9-11)13-10-15(22-17-13)16(19)18-7-3-4-8-18/h5-6,9,15H,3-4,7-8,10H2,1-2H3/t15-/m0/s1. The fourth-order valence-electron chi connectivity index (χ4n) is 2.85. The highest BCUT2D eigenvalue weighted by atomic mass is 16.6. The molecule has 2 aliphatic heterocycles. The second-order valence-corrected chi connectivity index (χ2v) is 5.43. The van der Waals surface area contributed by atoms with Crippen LogP contribution in [0.25, 0.3) is 0 Å². The Morgan fingerprint density at radius 3 is 2.73 bits per heavy atom. The van der Waals surface area contributed by atoms with Gasteiger partial charge in [-0.25, -0.2) is 0 Å². The predicted octanol–water partition coefficient (Wildman–Crippen LogP) is 1.82. The summed E-state index contributed by atoms with van der Waals surface area (Å²) in [6.07, 6.45) is 2.06. The number of hydrogen-bond acceptors (Lipinski definition) is 5. The summed E-state index contributed by atoms with van der Waals surface area (Å²) in [5.74, 6) is 1.43. The Balaban J connectivity index is 1.75. The van der Waals surface area contributed by atoms with Crippen molar-refractivity contribution in [3.05, 3.63) is 23.8 Å². The topological polar surface area (TPSA) is 60.4 Å². The van der Waals surface area contributed by atoms with Crippen molar-refractivity contribution in [3.8, 4) is 11.5 Å². The maximum atomic E-state index is 12.4. The largest absolute Gasteiger partial charge is 0.497 e. The van der Waals surface area contributed by atoms with Gasteiger partial charge in [0.15, 0.2) is 0 Å². The molecule has 0 aromatic heterocycles. The molecule has 0 radical (unpaired) electrons. The van der Waals surface area contributed by atoms with Gasteiger partial charge in [-0.1, -0.05) is 5.16 Å². The first-order valence-corrected chi connectivity index (χ1v) is 7.47. The molecule has 2 heterocycles. The fraction of sp³-hybridized carbons (Fsp3) is 0.500. The Morgan fingerprint density at radius 2 is 2.05 bits per heavy atom. The molecule has 6 heteroatoms. The molecule has 1 aromatic rings. The van der Waals surface area contributed by atoms with E-state index in [4.69, 9.17) is 14.3 Å². The number of amides is 1. The van der Waals surface area contributed by atoms with Gasteiger partial charge >= 0.3 is 0 Å². The van der Waals surface area contributed by atoms with Gasteiger partial charge in [-0.3, -0.25) is 4.79 Å². The lowest BCUT2D eigenvalue weighted by Crippen LogP contribution is -2.37. The third-order valence-electron chi connectivity index (χ3n) is 4.08. The quantitative estimate of drug-likeness (QED) is 0.851. The average Bonchev–Trinajstić information content (AvgIpc) is 3.25. The number of ether oxygens (including phenoxy) is 2. The van der Waals surface area contributed by atoms with Gasteiger partial charge in [0.1, 0.15) is 11.5 Å². The minimum Gasteiger partial charge on any atom is -0.497 e. The summed E-state index contributed by atoms with van der Waals surface area (Å²) in [5, 5.41) is 4.10. The van der Waals surface area contributed by atoms with E-state index >= 15 is 0 Å². The van der Waals surface area contributed by atoms with E-state index in [0.29, 0.717) is 23.6 Å². The van der Waals surface area contributed by atoms with Crippen molar-refractivity contribution >= 4 is 11.6 Å². The molecule has 0 unspecified atom stereocenters. The molecule has 1 amide bonds. The van der Waals surface area contributed by atoms with Crippen LogP contribution in [0.4, 0.5) is 0 Å². The molecule has 1 saturated heterocycles. The molecular weight excluding hydrogens is 284 g/mol. The first kappa shape index (κ1) is 14.7. The molecule has 2 aliphatic rings. The summed E-state index contributed by atoms with van der Waals surface area (Å²) < 4.78 is 10.6. The van der Waals surface area contributed by atoms with Crippen LogP contribution in [0, 0.1) is 0 Å². The normalized spacial score (nSPS) is 20.5. The van der Waals surface area contributed by atoms with Crippen LogP contribution in [0.15, 0.2) is 23.4 Å². The van der Waals surface area contributed by atoms with Crippen LogP contribution >= 0.6 is 0 Å². The lowest BCUT2D eigenvalue weighted by molar-refractivity contribution is -0.140. The van der Waals surface area contributed by atoms with E-state index in [2.05, 4.69) is 5.16 Å². The van der Waals surface area contributed by atoms with Gasteiger partial charge in [0.05, 0.1) is 19.9 Å². The predicted molar refractivity (Wildman–Crippen MR) is 81.4 cm³/mol. The molecule has 118 valence electrons. The average molecular weight is 304 g/mol. The zero-order chi connectivity index (χ0) is 15.5. The van der Waals surface area contributed by atoms with Crippen molar-refractivity contribution in [2.75, 3.05) is 27.3 Å². The van der Waals surface area contributed by atoms with E-state index < -0.39 is 6.10 Å². The summed E-state index contributed by atoms with van der Waals surface area (Å²) >= 11 is 0. The number of methoxy groups -OCH3 is 2. The molecule has 1 fully saturated rings. The monoisotopic (exact) mass is 304 g/mol. The Hall–Kier alpha value is -2.24. The van der Waals surface area contributed by atoms with Crippen LogP contribution in [0.1, 0.15) is 24.8 Å². The van der Waals surface area contributed by atoms with Crippen LogP contribution in [0.2, 0.25) is 0 Å². The molecule has 1 atom stereocenters. The SMILES string of the molecule is COc1ccc(OC)c(C2=NO[C@H](C(=O)N3CCCC3)C2)c1. The molecule has 0 saturated carbocycles. The van der Waals surface area contributed by atoms with Crippen molar-refractivity contribution in [3.63, 3.8) is 0 Å². The Kier molecular flexibility index (Phi) is 4.18. The summed E-state index contributed by atoms with van der Waals surface area (Å²) in [6, 6.07) is 5.50. The Labute approximate surface area is 129 Å². The highest BCUT2D eigenvalue weighted by molar-refractivity contribution is 6.06. The lowest BCUT2D eigenvalue weighted by atomic mass is 10.0. The number of nitrogens with zero attached hydrogens (tertiary/aromatic N) is 2. The lowest BCUT2D eigenvalue weighted by Gasteiger charge is -2.18. The zero-order valence-corrected chi connectivity index (χ0v) is 12.9. The molecule has 1 aromatic carbocycles. The van der Waals surface area contributed by atoms with Crippen LogP contribution in [-0.4, -0.2) is 49.9 Å². The fourth-order valence-corrected chi connectivity index (χ4v) is 2.85. The van der Waals surface area contributed by atoms with E-state index in [-0.39, 0.29) is 5.91 Å². The molecule has 0 spiro atoms. The molecular formula is C16H20N2O4. The number of benzene rings is 1. The van der Waals surface area contributed by atoms with Crippen molar-refractivity contribution in [2.45, 2.75) is 25.4 Å². The number of carbonyl (C=O) groups excluding carboxylic acids is 1. The number of oxime groups is 1. The Morgan fingerprint density at radius 1 is 1.27 bits per heavy atom. The van der Waals surface area contributed by atoms with Gasteiger partial charge in [-0.05, 0) is 31.0 Å². The minimum absolute atomic E-state index is 0.0260. The van der Waals surface area contributed by atoms with E-state index in [1.165, 1.54) is 0 Å². The first-order chi connectivity index (χ1) is 10.7.